The third kappa shape index (κ3) is 5.34. The van der Waals surface area contributed by atoms with Crippen molar-refractivity contribution in [1.29, 1.82) is 0 Å². The largest absolute Gasteiger partial charge is 0.456 e. The molecular weight excluding hydrogens is 657 g/mol. The van der Waals surface area contributed by atoms with Crippen LogP contribution in [-0.2, 0) is 0 Å². The molecule has 0 bridgehead atoms. The van der Waals surface area contributed by atoms with Gasteiger partial charge in [0.25, 0.3) is 0 Å². The topological polar surface area (TPSA) is 64.7 Å². The van der Waals surface area contributed by atoms with Crippen molar-refractivity contribution >= 4 is 43.5 Å². The van der Waals surface area contributed by atoms with Gasteiger partial charge in [-0.15, -0.1) is 11.3 Å². The van der Waals surface area contributed by atoms with Gasteiger partial charge in [-0.2, -0.15) is 0 Å². The number of hydrogen-bond donors (Lipinski definition) is 0. The number of aromatic nitrogens is 4. The quantitative estimate of drug-likeness (QED) is 0.174. The zero-order chi connectivity index (χ0) is 34.4. The molecule has 6 heteroatoms. The third-order valence-electron chi connectivity index (χ3n) is 9.40. The molecule has 0 unspecified atom stereocenters. The molecule has 10 aromatic rings. The third-order valence-corrected chi connectivity index (χ3v) is 10.5. The first-order chi connectivity index (χ1) is 25.7. The molecule has 0 radical (unpaired) electrons. The van der Waals surface area contributed by atoms with E-state index in [4.69, 9.17) is 24.4 Å². The summed E-state index contributed by atoms with van der Waals surface area (Å²) in [5.74, 6) is 1.77. The van der Waals surface area contributed by atoms with Gasteiger partial charge in [-0.05, 0) is 52.6 Å². The van der Waals surface area contributed by atoms with Crippen LogP contribution < -0.4 is 0 Å². The van der Waals surface area contributed by atoms with Crippen LogP contribution in [0.2, 0.25) is 0 Å². The van der Waals surface area contributed by atoms with E-state index in [1.54, 1.807) is 11.3 Å². The summed E-state index contributed by atoms with van der Waals surface area (Å²) in [5, 5.41) is 2.89. The molecular formula is C46H28N4OS. The maximum absolute atomic E-state index is 6.51. The lowest BCUT2D eigenvalue weighted by Crippen LogP contribution is -2.00. The molecule has 10 rings (SSSR count). The Hall–Kier alpha value is -6.76. The lowest BCUT2D eigenvalue weighted by molar-refractivity contribution is 0.669. The Morgan fingerprint density at radius 1 is 0.365 bits per heavy atom. The summed E-state index contributed by atoms with van der Waals surface area (Å²) in [6.45, 7) is 0. The van der Waals surface area contributed by atoms with Crippen molar-refractivity contribution in [2.75, 3.05) is 0 Å². The second kappa shape index (κ2) is 12.5. The minimum absolute atomic E-state index is 0.574. The highest BCUT2D eigenvalue weighted by Gasteiger charge is 2.21. The minimum atomic E-state index is 0.574. The SMILES string of the molecule is c1ccc(-c2ccc(-c3nc(-c4cccc(-c5ccccc5)c4)nc(-c4cccc5oc6cccc(-c7nc8ccccc8s7)c6c45)n3)cc2)cc1. The molecule has 0 saturated carbocycles. The molecule has 7 aromatic carbocycles. The van der Waals surface area contributed by atoms with Crippen molar-refractivity contribution in [3.05, 3.63) is 170 Å². The Morgan fingerprint density at radius 3 is 1.62 bits per heavy atom. The Bertz CT molecular complexity index is 2860. The maximum atomic E-state index is 6.51. The van der Waals surface area contributed by atoms with Crippen molar-refractivity contribution in [2.45, 2.75) is 0 Å². The van der Waals surface area contributed by atoms with Crippen LogP contribution >= 0.6 is 11.3 Å². The first-order valence-electron chi connectivity index (χ1n) is 17.1. The summed E-state index contributed by atoms with van der Waals surface area (Å²) in [6.07, 6.45) is 0. The number of benzene rings is 7. The number of nitrogens with zero attached hydrogens (tertiary/aromatic N) is 4. The first-order valence-corrected chi connectivity index (χ1v) is 18.0. The van der Waals surface area contributed by atoms with Gasteiger partial charge in [0.05, 0.1) is 10.2 Å². The van der Waals surface area contributed by atoms with Crippen LogP contribution in [0.5, 0.6) is 0 Å². The number of rotatable bonds is 6. The van der Waals surface area contributed by atoms with Crippen molar-refractivity contribution in [1.82, 2.24) is 19.9 Å². The summed E-state index contributed by atoms with van der Waals surface area (Å²) in [6, 6.07) is 58.1. The Kier molecular flexibility index (Phi) is 7.25. The Balaban J connectivity index is 1.19. The molecule has 0 aliphatic heterocycles. The number of thiazole rings is 1. The Labute approximate surface area is 303 Å². The van der Waals surface area contributed by atoms with E-state index < -0.39 is 0 Å². The van der Waals surface area contributed by atoms with Crippen molar-refractivity contribution in [2.24, 2.45) is 0 Å². The highest BCUT2D eigenvalue weighted by molar-refractivity contribution is 7.21. The van der Waals surface area contributed by atoms with Gasteiger partial charge in [0.1, 0.15) is 16.2 Å². The van der Waals surface area contributed by atoms with Gasteiger partial charge in [0.15, 0.2) is 17.5 Å². The van der Waals surface area contributed by atoms with Crippen LogP contribution in [-0.4, -0.2) is 19.9 Å². The van der Waals surface area contributed by atoms with Crippen molar-refractivity contribution < 1.29 is 4.42 Å². The molecule has 0 spiro atoms. The smallest absolute Gasteiger partial charge is 0.164 e. The van der Waals surface area contributed by atoms with E-state index in [9.17, 15) is 0 Å². The first kappa shape index (κ1) is 30.1. The normalized spacial score (nSPS) is 11.5. The zero-order valence-corrected chi connectivity index (χ0v) is 28.6. The van der Waals surface area contributed by atoms with E-state index in [1.165, 1.54) is 0 Å². The fourth-order valence-electron chi connectivity index (χ4n) is 6.88. The highest BCUT2D eigenvalue weighted by Crippen LogP contribution is 2.43. The standard InChI is InChI=1S/C46H28N4OS/c1-3-12-29(13-4-1)31-24-26-32(27-25-31)43-48-44(34-17-9-16-33(28-34)30-14-5-2-6-15-30)50-45(49-43)35-18-10-21-38-41(35)42-36(19-11-22-39(42)51-38)46-47-37-20-7-8-23-40(37)52-46/h1-28H. The summed E-state index contributed by atoms with van der Waals surface area (Å²) < 4.78 is 7.65. The number of para-hydroxylation sites is 1. The molecule has 244 valence electrons. The van der Waals surface area contributed by atoms with E-state index in [2.05, 4.69) is 127 Å². The lowest BCUT2D eigenvalue weighted by atomic mass is 10.0. The summed E-state index contributed by atoms with van der Waals surface area (Å²) in [4.78, 5) is 20.5. The molecule has 0 atom stereocenters. The van der Waals surface area contributed by atoms with E-state index in [0.717, 1.165) is 81.7 Å². The average molecular weight is 685 g/mol. The zero-order valence-electron chi connectivity index (χ0n) is 27.8. The molecule has 3 aromatic heterocycles. The predicted molar refractivity (Wildman–Crippen MR) is 213 cm³/mol. The average Bonchev–Trinajstić information content (AvgIpc) is 3.84. The molecule has 5 nitrogen and oxygen atoms in total. The minimum Gasteiger partial charge on any atom is -0.456 e. The number of furan rings is 1. The van der Waals surface area contributed by atoms with Crippen LogP contribution in [0, 0.1) is 0 Å². The molecule has 0 N–H and O–H groups in total. The van der Waals surface area contributed by atoms with Gasteiger partial charge < -0.3 is 4.42 Å². The second-order valence-electron chi connectivity index (χ2n) is 12.6. The van der Waals surface area contributed by atoms with E-state index >= 15 is 0 Å². The van der Waals surface area contributed by atoms with Crippen LogP contribution in [0.3, 0.4) is 0 Å². The summed E-state index contributed by atoms with van der Waals surface area (Å²) in [7, 11) is 0. The van der Waals surface area contributed by atoms with Gasteiger partial charge in [-0.1, -0.05) is 140 Å². The number of fused-ring (bicyclic) bond motifs is 4. The highest BCUT2D eigenvalue weighted by atomic mass is 32.1. The fourth-order valence-corrected chi connectivity index (χ4v) is 7.88. The summed E-state index contributed by atoms with van der Waals surface area (Å²) >= 11 is 1.68. The number of hydrogen-bond acceptors (Lipinski definition) is 6. The summed E-state index contributed by atoms with van der Waals surface area (Å²) in [5.41, 5.74) is 10.8. The van der Waals surface area contributed by atoms with Crippen LogP contribution in [0.1, 0.15) is 0 Å². The van der Waals surface area contributed by atoms with Crippen LogP contribution in [0.4, 0.5) is 0 Å². The van der Waals surface area contributed by atoms with Crippen molar-refractivity contribution in [3.63, 3.8) is 0 Å². The van der Waals surface area contributed by atoms with Gasteiger partial charge in [0.2, 0.25) is 0 Å². The Morgan fingerprint density at radius 2 is 0.885 bits per heavy atom. The molecule has 0 saturated heterocycles. The van der Waals surface area contributed by atoms with Crippen molar-refractivity contribution in [3.8, 4) is 67.0 Å². The van der Waals surface area contributed by atoms with Crippen LogP contribution in [0.15, 0.2) is 174 Å². The molecule has 0 aliphatic carbocycles. The second-order valence-corrected chi connectivity index (χ2v) is 13.7. The molecule has 0 amide bonds. The maximum Gasteiger partial charge on any atom is 0.164 e. The van der Waals surface area contributed by atoms with Gasteiger partial charge in [-0.3, -0.25) is 0 Å². The molecule has 3 heterocycles. The fraction of sp³-hybridized carbons (Fsp3) is 0. The van der Waals surface area contributed by atoms with Gasteiger partial charge >= 0.3 is 0 Å². The lowest BCUT2D eigenvalue weighted by Gasteiger charge is -2.11. The molecule has 0 fully saturated rings. The van der Waals surface area contributed by atoms with E-state index in [0.29, 0.717) is 17.5 Å². The van der Waals surface area contributed by atoms with E-state index in [-0.39, 0.29) is 0 Å². The van der Waals surface area contributed by atoms with Gasteiger partial charge in [0, 0.05) is 33.0 Å². The van der Waals surface area contributed by atoms with Crippen LogP contribution in [0.25, 0.3) is 99.1 Å². The predicted octanol–water partition coefficient (Wildman–Crippen LogP) is 12.4. The van der Waals surface area contributed by atoms with E-state index in [1.807, 2.05) is 42.5 Å². The molecule has 52 heavy (non-hydrogen) atoms. The van der Waals surface area contributed by atoms with Gasteiger partial charge in [-0.25, -0.2) is 19.9 Å². The monoisotopic (exact) mass is 684 g/mol. The molecule has 0 aliphatic rings.